The molecule has 8 heteroatoms. The summed E-state index contributed by atoms with van der Waals surface area (Å²) >= 11 is 0. The summed E-state index contributed by atoms with van der Waals surface area (Å²) in [5.41, 5.74) is 5.86. The molecule has 0 saturated carbocycles. The van der Waals surface area contributed by atoms with Gasteiger partial charge in [0.2, 0.25) is 5.88 Å². The van der Waals surface area contributed by atoms with E-state index in [1.54, 1.807) is 6.07 Å². The van der Waals surface area contributed by atoms with Gasteiger partial charge in [-0.15, -0.1) is 0 Å². The van der Waals surface area contributed by atoms with Crippen molar-refractivity contribution in [2.24, 2.45) is 0 Å². The Labute approximate surface area is 102 Å². The van der Waals surface area contributed by atoms with Gasteiger partial charge in [0.15, 0.2) is 5.69 Å². The minimum Gasteiger partial charge on any atom is -0.481 e. The maximum absolute atomic E-state index is 11.4. The maximum Gasteiger partial charge on any atom is 0.360 e. The summed E-state index contributed by atoms with van der Waals surface area (Å²) in [4.78, 5) is 19.4. The molecule has 0 spiro atoms. The van der Waals surface area contributed by atoms with Crippen molar-refractivity contribution < 1.29 is 14.3 Å². The van der Waals surface area contributed by atoms with Gasteiger partial charge in [-0.1, -0.05) is 0 Å². The van der Waals surface area contributed by atoms with Gasteiger partial charge in [-0.05, 0) is 0 Å². The predicted octanol–water partition coefficient (Wildman–Crippen LogP) is 0.0397. The summed E-state index contributed by atoms with van der Waals surface area (Å²) in [5.74, 6) is 0.0130. The van der Waals surface area contributed by atoms with E-state index in [0.29, 0.717) is 5.88 Å². The van der Waals surface area contributed by atoms with Gasteiger partial charge in [0.05, 0.1) is 26.1 Å². The number of hydrogen-bond acceptors (Lipinski definition) is 7. The molecule has 2 N–H and O–H groups in total. The highest BCUT2D eigenvalue weighted by molar-refractivity contribution is 5.92. The van der Waals surface area contributed by atoms with Gasteiger partial charge >= 0.3 is 5.97 Å². The van der Waals surface area contributed by atoms with Crippen LogP contribution in [0.5, 0.6) is 5.88 Å². The lowest BCUT2D eigenvalue weighted by molar-refractivity contribution is 0.0594. The minimum atomic E-state index is -0.617. The number of carbonyl (C=O) groups excluding carboxylic acids is 1. The van der Waals surface area contributed by atoms with E-state index in [-0.39, 0.29) is 17.3 Å². The zero-order valence-corrected chi connectivity index (χ0v) is 9.82. The Morgan fingerprint density at radius 1 is 1.44 bits per heavy atom. The van der Waals surface area contributed by atoms with Gasteiger partial charge < -0.3 is 15.2 Å². The molecule has 0 atom stereocenters. The first-order valence-corrected chi connectivity index (χ1v) is 4.96. The highest BCUT2D eigenvalue weighted by atomic mass is 16.5. The number of rotatable bonds is 3. The highest BCUT2D eigenvalue weighted by Crippen LogP contribution is 2.14. The third-order valence-electron chi connectivity index (χ3n) is 2.15. The topological polar surface area (TPSA) is 105 Å². The molecule has 18 heavy (non-hydrogen) atoms. The van der Waals surface area contributed by atoms with E-state index in [1.165, 1.54) is 31.3 Å². The fraction of sp³-hybridized carbons (Fsp3) is 0.200. The van der Waals surface area contributed by atoms with Crippen LogP contribution in [0.4, 0.5) is 5.69 Å². The summed E-state index contributed by atoms with van der Waals surface area (Å²) in [7, 11) is 2.74. The minimum absolute atomic E-state index is 0.0175. The van der Waals surface area contributed by atoms with Gasteiger partial charge in [0.25, 0.3) is 5.95 Å². The zero-order valence-electron chi connectivity index (χ0n) is 9.82. The van der Waals surface area contributed by atoms with E-state index in [4.69, 9.17) is 10.5 Å². The molecular formula is C10H11N5O3. The quantitative estimate of drug-likeness (QED) is 0.765. The molecule has 0 radical (unpaired) electrons. The summed E-state index contributed by atoms with van der Waals surface area (Å²) in [6, 6.07) is 1.59. The molecule has 2 rings (SSSR count). The molecule has 0 aliphatic carbocycles. The molecule has 0 bridgehead atoms. The second kappa shape index (κ2) is 4.70. The van der Waals surface area contributed by atoms with Crippen LogP contribution in [0, 0.1) is 0 Å². The fourth-order valence-corrected chi connectivity index (χ4v) is 1.30. The van der Waals surface area contributed by atoms with Crippen molar-refractivity contribution in [1.82, 2.24) is 19.7 Å². The Morgan fingerprint density at radius 3 is 2.89 bits per heavy atom. The lowest BCUT2D eigenvalue weighted by Gasteiger charge is -2.01. The number of ether oxygens (including phenoxy) is 2. The smallest absolute Gasteiger partial charge is 0.360 e. The molecule has 0 aliphatic heterocycles. The first-order valence-electron chi connectivity index (χ1n) is 4.96. The molecule has 2 aromatic heterocycles. The van der Waals surface area contributed by atoms with Gasteiger partial charge in [-0.25, -0.2) is 14.5 Å². The molecule has 2 heterocycles. The summed E-state index contributed by atoms with van der Waals surface area (Å²) < 4.78 is 10.8. The molecule has 0 saturated heterocycles. The standard InChI is InChI=1S/C10H11N5O3/c1-17-7-3-4-12-10(13-7)15-5-6(11)8(14-15)9(16)18-2/h3-5H,11H2,1-2H3. The Balaban J connectivity index is 2.42. The van der Waals surface area contributed by atoms with Gasteiger partial charge in [-0.2, -0.15) is 10.1 Å². The average Bonchev–Trinajstić information content (AvgIpc) is 2.80. The lowest BCUT2D eigenvalue weighted by atomic mass is 10.4. The van der Waals surface area contributed by atoms with Crippen molar-refractivity contribution in [3.05, 3.63) is 24.2 Å². The van der Waals surface area contributed by atoms with E-state index in [9.17, 15) is 4.79 Å². The van der Waals surface area contributed by atoms with Crippen LogP contribution in [-0.2, 0) is 4.74 Å². The van der Waals surface area contributed by atoms with Crippen LogP contribution in [0.1, 0.15) is 10.5 Å². The van der Waals surface area contributed by atoms with Crippen LogP contribution in [-0.4, -0.2) is 39.9 Å². The van der Waals surface area contributed by atoms with Crippen LogP contribution in [0.3, 0.4) is 0 Å². The van der Waals surface area contributed by atoms with Gasteiger partial charge in [-0.3, -0.25) is 0 Å². The third-order valence-corrected chi connectivity index (χ3v) is 2.15. The fourth-order valence-electron chi connectivity index (χ4n) is 1.30. The van der Waals surface area contributed by atoms with Crippen molar-refractivity contribution in [2.75, 3.05) is 20.0 Å². The summed E-state index contributed by atoms with van der Waals surface area (Å²) in [6.45, 7) is 0. The molecule has 0 amide bonds. The Kier molecular flexibility index (Phi) is 3.09. The van der Waals surface area contributed by atoms with Crippen LogP contribution >= 0.6 is 0 Å². The van der Waals surface area contributed by atoms with Crippen molar-refractivity contribution in [2.45, 2.75) is 0 Å². The Hall–Kier alpha value is -2.64. The highest BCUT2D eigenvalue weighted by Gasteiger charge is 2.16. The van der Waals surface area contributed by atoms with Crippen LogP contribution in [0.15, 0.2) is 18.5 Å². The monoisotopic (exact) mass is 249 g/mol. The summed E-state index contributed by atoms with van der Waals surface area (Å²) in [5, 5.41) is 3.96. The summed E-state index contributed by atoms with van der Waals surface area (Å²) in [6.07, 6.45) is 2.94. The molecule has 0 aliphatic rings. The molecule has 0 unspecified atom stereocenters. The van der Waals surface area contributed by atoms with E-state index >= 15 is 0 Å². The molecule has 8 nitrogen and oxygen atoms in total. The molecule has 2 aromatic rings. The second-order valence-electron chi connectivity index (χ2n) is 3.27. The van der Waals surface area contributed by atoms with Crippen LogP contribution in [0.2, 0.25) is 0 Å². The molecule has 94 valence electrons. The number of esters is 1. The number of nitrogen functional groups attached to an aromatic ring is 1. The van der Waals surface area contributed by atoms with E-state index in [0.717, 1.165) is 0 Å². The Bertz CT molecular complexity index is 581. The van der Waals surface area contributed by atoms with Crippen molar-refractivity contribution in [3.63, 3.8) is 0 Å². The van der Waals surface area contributed by atoms with Crippen molar-refractivity contribution in [1.29, 1.82) is 0 Å². The number of nitrogens with zero attached hydrogens (tertiary/aromatic N) is 4. The van der Waals surface area contributed by atoms with E-state index in [1.807, 2.05) is 0 Å². The first-order chi connectivity index (χ1) is 8.65. The number of carbonyl (C=O) groups is 1. The largest absolute Gasteiger partial charge is 0.481 e. The number of aromatic nitrogens is 4. The molecular weight excluding hydrogens is 238 g/mol. The maximum atomic E-state index is 11.4. The number of anilines is 1. The van der Waals surface area contributed by atoms with Gasteiger partial charge in [0.1, 0.15) is 0 Å². The van der Waals surface area contributed by atoms with Crippen LogP contribution in [0.25, 0.3) is 5.95 Å². The number of nitrogens with two attached hydrogens (primary N) is 1. The first kappa shape index (κ1) is 11.8. The lowest BCUT2D eigenvalue weighted by Crippen LogP contribution is -2.07. The number of hydrogen-bond donors (Lipinski definition) is 1. The van der Waals surface area contributed by atoms with Crippen molar-refractivity contribution >= 4 is 11.7 Å². The van der Waals surface area contributed by atoms with E-state index < -0.39 is 5.97 Å². The van der Waals surface area contributed by atoms with Crippen LogP contribution < -0.4 is 10.5 Å². The second-order valence-corrected chi connectivity index (χ2v) is 3.27. The van der Waals surface area contributed by atoms with Crippen molar-refractivity contribution in [3.8, 4) is 11.8 Å². The zero-order chi connectivity index (χ0) is 13.1. The normalized spacial score (nSPS) is 10.1. The third kappa shape index (κ3) is 2.08. The Morgan fingerprint density at radius 2 is 2.22 bits per heavy atom. The predicted molar refractivity (Wildman–Crippen MR) is 61.5 cm³/mol. The average molecular weight is 249 g/mol. The molecule has 0 fully saturated rings. The van der Waals surface area contributed by atoms with Gasteiger partial charge in [0, 0.05) is 12.3 Å². The van der Waals surface area contributed by atoms with E-state index in [2.05, 4.69) is 19.8 Å². The SMILES string of the molecule is COC(=O)c1nn(-c2nccc(OC)n2)cc1N. The number of methoxy groups -OCH3 is 2. The molecule has 0 aromatic carbocycles.